The lowest BCUT2D eigenvalue weighted by Crippen LogP contribution is -2.23. The van der Waals surface area contributed by atoms with E-state index < -0.39 is 0 Å². The third-order valence-electron chi connectivity index (χ3n) is 2.70. The molecule has 18 heavy (non-hydrogen) atoms. The number of hydrogen-bond acceptors (Lipinski definition) is 1. The van der Waals surface area contributed by atoms with Crippen LogP contribution in [0.3, 0.4) is 0 Å². The maximum absolute atomic E-state index is 5.96. The average molecular weight is 290 g/mol. The summed E-state index contributed by atoms with van der Waals surface area (Å²) >= 11 is 11.9. The van der Waals surface area contributed by atoms with E-state index in [4.69, 9.17) is 23.2 Å². The van der Waals surface area contributed by atoms with Crippen LogP contribution in [0.1, 0.15) is 39.7 Å². The molecule has 1 aromatic carbocycles. The molecular formula is C15H25Cl2N. The van der Waals surface area contributed by atoms with Crippen molar-refractivity contribution in [1.82, 2.24) is 4.90 Å². The van der Waals surface area contributed by atoms with E-state index in [1.807, 2.05) is 26.0 Å². The molecule has 1 aromatic rings. The van der Waals surface area contributed by atoms with Crippen LogP contribution in [-0.4, -0.2) is 18.5 Å². The molecule has 104 valence electrons. The van der Waals surface area contributed by atoms with Crippen LogP contribution in [0.2, 0.25) is 10.0 Å². The van der Waals surface area contributed by atoms with E-state index in [9.17, 15) is 0 Å². The Hall–Kier alpha value is -0.240. The second kappa shape index (κ2) is 9.66. The first-order valence-electron chi connectivity index (χ1n) is 6.64. The molecule has 0 aliphatic rings. The maximum Gasteiger partial charge on any atom is 0.0424 e. The van der Waals surface area contributed by atoms with Gasteiger partial charge in [-0.3, -0.25) is 0 Å². The quantitative estimate of drug-likeness (QED) is 0.692. The van der Waals surface area contributed by atoms with Crippen LogP contribution in [0.15, 0.2) is 18.2 Å². The zero-order chi connectivity index (χ0) is 14.1. The van der Waals surface area contributed by atoms with Gasteiger partial charge in [-0.1, -0.05) is 57.3 Å². The molecule has 0 fully saturated rings. The van der Waals surface area contributed by atoms with Crippen LogP contribution < -0.4 is 0 Å². The van der Waals surface area contributed by atoms with Gasteiger partial charge in [-0.2, -0.15) is 0 Å². The number of nitrogens with zero attached hydrogens (tertiary/aromatic N) is 1. The molecule has 1 unspecified atom stereocenters. The molecule has 1 nitrogen and oxygen atoms in total. The monoisotopic (exact) mass is 289 g/mol. The first-order chi connectivity index (χ1) is 8.51. The van der Waals surface area contributed by atoms with Gasteiger partial charge in [0.2, 0.25) is 0 Å². The van der Waals surface area contributed by atoms with Gasteiger partial charge in [0, 0.05) is 23.1 Å². The molecule has 0 spiro atoms. The molecule has 0 amide bonds. The fourth-order valence-corrected chi connectivity index (χ4v) is 2.31. The lowest BCUT2D eigenvalue weighted by atomic mass is 10.1. The number of halogens is 2. The molecular weight excluding hydrogens is 265 g/mol. The number of rotatable bonds is 5. The second-order valence-corrected chi connectivity index (χ2v) is 5.36. The minimum Gasteiger partial charge on any atom is -0.302 e. The van der Waals surface area contributed by atoms with Gasteiger partial charge >= 0.3 is 0 Å². The molecule has 0 aromatic heterocycles. The average Bonchev–Trinajstić information content (AvgIpc) is 2.29. The summed E-state index contributed by atoms with van der Waals surface area (Å²) in [5, 5.41) is 1.42. The van der Waals surface area contributed by atoms with Gasteiger partial charge in [0.1, 0.15) is 0 Å². The van der Waals surface area contributed by atoms with E-state index >= 15 is 0 Å². The highest BCUT2D eigenvalue weighted by Crippen LogP contribution is 2.20. The van der Waals surface area contributed by atoms with E-state index in [-0.39, 0.29) is 0 Å². The van der Waals surface area contributed by atoms with Crippen molar-refractivity contribution in [1.29, 1.82) is 0 Å². The molecule has 0 saturated heterocycles. The summed E-state index contributed by atoms with van der Waals surface area (Å²) in [6.45, 7) is 10.5. The van der Waals surface area contributed by atoms with E-state index in [1.165, 1.54) is 12.0 Å². The Kier molecular flexibility index (Phi) is 9.53. The summed E-state index contributed by atoms with van der Waals surface area (Å²) in [5.41, 5.74) is 1.17. The standard InChI is InChI=1S/C13H19Cl2N.C2H6/c1-4-10(2)8-16(3)9-11-5-12(14)7-13(15)6-11;1-2/h5-7,10H,4,8-9H2,1-3H3;1-2H3. The first-order valence-corrected chi connectivity index (χ1v) is 7.40. The summed E-state index contributed by atoms with van der Waals surface area (Å²) in [6, 6.07) is 5.71. The van der Waals surface area contributed by atoms with Gasteiger partial charge in [-0.25, -0.2) is 0 Å². The fourth-order valence-electron chi connectivity index (χ4n) is 1.74. The zero-order valence-corrected chi connectivity index (χ0v) is 13.6. The highest BCUT2D eigenvalue weighted by Gasteiger charge is 2.06. The van der Waals surface area contributed by atoms with E-state index in [0.29, 0.717) is 10.0 Å². The van der Waals surface area contributed by atoms with Crippen molar-refractivity contribution < 1.29 is 0 Å². The third-order valence-corrected chi connectivity index (χ3v) is 3.13. The third kappa shape index (κ3) is 7.25. The minimum atomic E-state index is 0.708. The Labute approximate surface area is 122 Å². The van der Waals surface area contributed by atoms with E-state index in [1.54, 1.807) is 6.07 Å². The molecule has 0 bridgehead atoms. The smallest absolute Gasteiger partial charge is 0.0424 e. The van der Waals surface area contributed by atoms with E-state index in [0.717, 1.165) is 19.0 Å². The SMILES string of the molecule is CC.CCC(C)CN(C)Cc1cc(Cl)cc(Cl)c1. The molecule has 0 heterocycles. The molecule has 0 radical (unpaired) electrons. The molecule has 0 N–H and O–H groups in total. The van der Waals surface area contributed by atoms with Gasteiger partial charge in [-0.05, 0) is 36.7 Å². The maximum atomic E-state index is 5.96. The lowest BCUT2D eigenvalue weighted by molar-refractivity contribution is 0.275. The summed E-state index contributed by atoms with van der Waals surface area (Å²) < 4.78 is 0. The Morgan fingerprint density at radius 3 is 2.06 bits per heavy atom. The molecule has 0 aliphatic heterocycles. The van der Waals surface area contributed by atoms with Gasteiger partial charge in [0.25, 0.3) is 0 Å². The molecule has 1 atom stereocenters. The topological polar surface area (TPSA) is 3.24 Å². The van der Waals surface area contributed by atoms with Crippen molar-refractivity contribution in [3.8, 4) is 0 Å². The lowest BCUT2D eigenvalue weighted by Gasteiger charge is -2.20. The first kappa shape index (κ1) is 17.8. The number of benzene rings is 1. The predicted octanol–water partition coefficient (Wildman–Crippen LogP) is 5.50. The number of hydrogen-bond donors (Lipinski definition) is 0. The van der Waals surface area contributed by atoms with Crippen LogP contribution >= 0.6 is 23.2 Å². The van der Waals surface area contributed by atoms with E-state index in [2.05, 4.69) is 25.8 Å². The van der Waals surface area contributed by atoms with Crippen LogP contribution in [0.4, 0.5) is 0 Å². The summed E-state index contributed by atoms with van der Waals surface area (Å²) in [4.78, 5) is 2.30. The van der Waals surface area contributed by atoms with Gasteiger partial charge in [0.05, 0.1) is 0 Å². The Morgan fingerprint density at radius 2 is 1.61 bits per heavy atom. The Morgan fingerprint density at radius 1 is 1.11 bits per heavy atom. The molecule has 0 aliphatic carbocycles. The van der Waals surface area contributed by atoms with Crippen molar-refractivity contribution in [2.45, 2.75) is 40.7 Å². The largest absolute Gasteiger partial charge is 0.302 e. The second-order valence-electron chi connectivity index (χ2n) is 4.49. The Bertz CT molecular complexity index is 319. The van der Waals surface area contributed by atoms with Crippen molar-refractivity contribution in [2.24, 2.45) is 5.92 Å². The zero-order valence-electron chi connectivity index (χ0n) is 12.1. The van der Waals surface area contributed by atoms with Crippen molar-refractivity contribution in [3.05, 3.63) is 33.8 Å². The van der Waals surface area contributed by atoms with Crippen molar-refractivity contribution in [3.63, 3.8) is 0 Å². The predicted molar refractivity (Wildman–Crippen MR) is 83.6 cm³/mol. The van der Waals surface area contributed by atoms with Crippen LogP contribution in [0.5, 0.6) is 0 Å². The highest BCUT2D eigenvalue weighted by molar-refractivity contribution is 6.34. The van der Waals surface area contributed by atoms with Crippen LogP contribution in [-0.2, 0) is 6.54 Å². The molecule has 3 heteroatoms. The summed E-state index contributed by atoms with van der Waals surface area (Å²) in [5.74, 6) is 0.722. The van der Waals surface area contributed by atoms with Gasteiger partial charge in [0.15, 0.2) is 0 Å². The highest BCUT2D eigenvalue weighted by atomic mass is 35.5. The van der Waals surface area contributed by atoms with Gasteiger partial charge < -0.3 is 4.90 Å². The fraction of sp³-hybridized carbons (Fsp3) is 0.600. The van der Waals surface area contributed by atoms with Crippen molar-refractivity contribution >= 4 is 23.2 Å². The summed E-state index contributed by atoms with van der Waals surface area (Å²) in [7, 11) is 2.13. The van der Waals surface area contributed by atoms with Crippen LogP contribution in [0.25, 0.3) is 0 Å². The van der Waals surface area contributed by atoms with Crippen LogP contribution in [0, 0.1) is 5.92 Å². The summed E-state index contributed by atoms with van der Waals surface area (Å²) in [6.07, 6.45) is 1.21. The Balaban J connectivity index is 0.00000137. The normalized spacial score (nSPS) is 12.0. The molecule has 1 rings (SSSR count). The minimum absolute atomic E-state index is 0.708. The van der Waals surface area contributed by atoms with Crippen molar-refractivity contribution in [2.75, 3.05) is 13.6 Å². The van der Waals surface area contributed by atoms with Gasteiger partial charge in [-0.15, -0.1) is 0 Å². The molecule has 0 saturated carbocycles.